The molecule has 1 atom stereocenters. The quantitative estimate of drug-likeness (QED) is 0.799. The average Bonchev–Trinajstić information content (AvgIpc) is 3.02. The Bertz CT molecular complexity index is 706. The largest absolute Gasteiger partial charge is 0.348 e. The monoisotopic (exact) mass is 324 g/mol. The summed E-state index contributed by atoms with van der Waals surface area (Å²) in [5.41, 5.74) is 6.42. The van der Waals surface area contributed by atoms with Crippen LogP contribution >= 0.6 is 12.2 Å². The summed E-state index contributed by atoms with van der Waals surface area (Å²) in [5, 5.41) is 4.23. The summed E-state index contributed by atoms with van der Waals surface area (Å²) in [6.07, 6.45) is 1.16. The van der Waals surface area contributed by atoms with Gasteiger partial charge in [-0.2, -0.15) is 0 Å². The molecular weight excluding hydrogens is 300 g/mol. The van der Waals surface area contributed by atoms with Gasteiger partial charge in [0.2, 0.25) is 0 Å². The maximum absolute atomic E-state index is 5.61. The second kappa shape index (κ2) is 6.71. The van der Waals surface area contributed by atoms with Crippen molar-refractivity contribution >= 4 is 23.0 Å². The Morgan fingerprint density at radius 1 is 1.04 bits per heavy atom. The summed E-state index contributed by atoms with van der Waals surface area (Å²) >= 11 is 5.61. The summed E-state index contributed by atoms with van der Waals surface area (Å²) in [6, 6.07) is 15.3. The minimum atomic E-state index is 0.579. The molecule has 0 bridgehead atoms. The van der Waals surface area contributed by atoms with Gasteiger partial charge in [0.05, 0.1) is 0 Å². The SMILES string of the molecule is Cc1ccc([C@@H]2CCN(C(=S)Nc3ccc(C)c(C)c3)C2)cc1. The number of hydrogen-bond donors (Lipinski definition) is 1. The van der Waals surface area contributed by atoms with Crippen molar-refractivity contribution in [2.75, 3.05) is 18.4 Å². The van der Waals surface area contributed by atoms with Gasteiger partial charge in [-0.15, -0.1) is 0 Å². The third-order valence-corrected chi connectivity index (χ3v) is 5.14. The lowest BCUT2D eigenvalue weighted by atomic mass is 9.98. The zero-order valence-corrected chi connectivity index (χ0v) is 14.9. The van der Waals surface area contributed by atoms with Gasteiger partial charge in [-0.3, -0.25) is 0 Å². The van der Waals surface area contributed by atoms with Crippen LogP contribution in [-0.2, 0) is 0 Å². The predicted octanol–water partition coefficient (Wildman–Crippen LogP) is 4.80. The first-order chi connectivity index (χ1) is 11.0. The van der Waals surface area contributed by atoms with Gasteiger partial charge < -0.3 is 10.2 Å². The highest BCUT2D eigenvalue weighted by molar-refractivity contribution is 7.80. The fourth-order valence-corrected chi connectivity index (χ4v) is 3.36. The van der Waals surface area contributed by atoms with Crippen LogP contribution in [-0.4, -0.2) is 23.1 Å². The van der Waals surface area contributed by atoms with Crippen LogP contribution in [0.15, 0.2) is 42.5 Å². The van der Waals surface area contributed by atoms with Crippen molar-refractivity contribution in [2.24, 2.45) is 0 Å². The Hall–Kier alpha value is -1.87. The van der Waals surface area contributed by atoms with Crippen LogP contribution in [0.5, 0.6) is 0 Å². The Labute approximate surface area is 144 Å². The smallest absolute Gasteiger partial charge is 0.173 e. The summed E-state index contributed by atoms with van der Waals surface area (Å²) in [6.45, 7) is 8.42. The van der Waals surface area contributed by atoms with E-state index in [4.69, 9.17) is 12.2 Å². The highest BCUT2D eigenvalue weighted by Gasteiger charge is 2.25. The number of nitrogens with one attached hydrogen (secondary N) is 1. The minimum Gasteiger partial charge on any atom is -0.348 e. The molecule has 0 radical (unpaired) electrons. The third kappa shape index (κ3) is 3.73. The molecule has 1 saturated heterocycles. The molecule has 120 valence electrons. The van der Waals surface area contributed by atoms with Crippen molar-refractivity contribution in [3.63, 3.8) is 0 Å². The van der Waals surface area contributed by atoms with Gasteiger partial charge in [0, 0.05) is 24.7 Å². The maximum atomic E-state index is 5.61. The van der Waals surface area contributed by atoms with Gasteiger partial charge in [0.15, 0.2) is 5.11 Å². The van der Waals surface area contributed by atoms with E-state index < -0.39 is 0 Å². The molecule has 3 heteroatoms. The number of nitrogens with zero attached hydrogens (tertiary/aromatic N) is 1. The van der Waals surface area contributed by atoms with Crippen molar-refractivity contribution in [3.8, 4) is 0 Å². The number of thiocarbonyl (C=S) groups is 1. The first kappa shape index (κ1) is 16.0. The van der Waals surface area contributed by atoms with E-state index in [0.29, 0.717) is 5.92 Å². The van der Waals surface area contributed by atoms with Gasteiger partial charge in [0.1, 0.15) is 0 Å². The van der Waals surface area contributed by atoms with E-state index in [1.54, 1.807) is 0 Å². The predicted molar refractivity (Wildman–Crippen MR) is 102 cm³/mol. The normalized spacial score (nSPS) is 17.3. The van der Waals surface area contributed by atoms with Crippen molar-refractivity contribution in [2.45, 2.75) is 33.1 Å². The van der Waals surface area contributed by atoms with Gasteiger partial charge in [-0.05, 0) is 68.2 Å². The third-order valence-electron chi connectivity index (χ3n) is 4.78. The van der Waals surface area contributed by atoms with Crippen LogP contribution < -0.4 is 5.32 Å². The molecule has 2 aromatic rings. The van der Waals surface area contributed by atoms with Crippen molar-refractivity contribution in [3.05, 3.63) is 64.7 Å². The van der Waals surface area contributed by atoms with E-state index in [9.17, 15) is 0 Å². The molecule has 3 rings (SSSR count). The molecule has 0 aromatic heterocycles. The zero-order valence-electron chi connectivity index (χ0n) is 14.1. The molecule has 0 unspecified atom stereocenters. The molecule has 1 aliphatic rings. The molecule has 0 amide bonds. The molecule has 0 saturated carbocycles. The van der Waals surface area contributed by atoms with Crippen LogP contribution in [0.3, 0.4) is 0 Å². The lowest BCUT2D eigenvalue weighted by Crippen LogP contribution is -2.32. The molecule has 1 fully saturated rings. The van der Waals surface area contributed by atoms with E-state index >= 15 is 0 Å². The van der Waals surface area contributed by atoms with E-state index in [1.165, 1.54) is 22.3 Å². The first-order valence-corrected chi connectivity index (χ1v) is 8.63. The summed E-state index contributed by atoms with van der Waals surface area (Å²) in [5.74, 6) is 0.579. The van der Waals surface area contributed by atoms with Crippen LogP contribution in [0.25, 0.3) is 0 Å². The number of anilines is 1. The van der Waals surface area contributed by atoms with Crippen LogP contribution in [0.4, 0.5) is 5.69 Å². The molecule has 0 aliphatic carbocycles. The standard InChI is InChI=1S/C20H24N2S/c1-14-4-7-17(8-5-14)18-10-11-22(13-18)20(23)21-19-9-6-15(2)16(3)12-19/h4-9,12,18H,10-11,13H2,1-3H3,(H,21,23)/t18-/m1/s1. The average molecular weight is 324 g/mol. The van der Waals surface area contributed by atoms with Crippen LogP contribution in [0.1, 0.15) is 34.6 Å². The number of aryl methyl sites for hydroxylation is 3. The van der Waals surface area contributed by atoms with E-state index in [-0.39, 0.29) is 0 Å². The second-order valence-corrected chi connectivity index (χ2v) is 6.96. The van der Waals surface area contributed by atoms with Gasteiger partial charge in [-0.25, -0.2) is 0 Å². The topological polar surface area (TPSA) is 15.3 Å². The lowest BCUT2D eigenvalue weighted by Gasteiger charge is -2.21. The molecule has 2 aromatic carbocycles. The minimum absolute atomic E-state index is 0.579. The molecule has 1 aliphatic heterocycles. The Morgan fingerprint density at radius 3 is 2.48 bits per heavy atom. The molecule has 0 spiro atoms. The number of benzene rings is 2. The zero-order chi connectivity index (χ0) is 16.4. The summed E-state index contributed by atoms with van der Waals surface area (Å²) in [7, 11) is 0. The Kier molecular flexibility index (Phi) is 4.67. The van der Waals surface area contributed by atoms with Crippen molar-refractivity contribution in [1.82, 2.24) is 4.90 Å². The Morgan fingerprint density at radius 2 is 1.78 bits per heavy atom. The number of likely N-dealkylation sites (tertiary alicyclic amines) is 1. The van der Waals surface area contributed by atoms with E-state index in [2.05, 4.69) is 73.5 Å². The van der Waals surface area contributed by atoms with Crippen molar-refractivity contribution in [1.29, 1.82) is 0 Å². The van der Waals surface area contributed by atoms with Gasteiger partial charge >= 0.3 is 0 Å². The lowest BCUT2D eigenvalue weighted by molar-refractivity contribution is 0.518. The van der Waals surface area contributed by atoms with Gasteiger partial charge in [-0.1, -0.05) is 35.9 Å². The first-order valence-electron chi connectivity index (χ1n) is 8.22. The van der Waals surface area contributed by atoms with E-state index in [0.717, 1.165) is 30.3 Å². The van der Waals surface area contributed by atoms with Crippen LogP contribution in [0.2, 0.25) is 0 Å². The number of hydrogen-bond acceptors (Lipinski definition) is 1. The second-order valence-electron chi connectivity index (χ2n) is 6.57. The summed E-state index contributed by atoms with van der Waals surface area (Å²) in [4.78, 5) is 2.29. The van der Waals surface area contributed by atoms with Gasteiger partial charge in [0.25, 0.3) is 0 Å². The fourth-order valence-electron chi connectivity index (χ4n) is 3.08. The highest BCUT2D eigenvalue weighted by Crippen LogP contribution is 2.28. The molecule has 1 heterocycles. The molecular formula is C20H24N2S. The van der Waals surface area contributed by atoms with Crippen LogP contribution in [0, 0.1) is 20.8 Å². The maximum Gasteiger partial charge on any atom is 0.173 e. The van der Waals surface area contributed by atoms with E-state index in [1.807, 2.05) is 0 Å². The highest BCUT2D eigenvalue weighted by atomic mass is 32.1. The fraction of sp³-hybridized carbons (Fsp3) is 0.350. The number of rotatable bonds is 2. The molecule has 2 nitrogen and oxygen atoms in total. The molecule has 23 heavy (non-hydrogen) atoms. The summed E-state index contributed by atoms with van der Waals surface area (Å²) < 4.78 is 0. The van der Waals surface area contributed by atoms with Crippen molar-refractivity contribution < 1.29 is 0 Å². The Balaban J connectivity index is 1.63. The molecule has 1 N–H and O–H groups in total.